The topological polar surface area (TPSA) is 93.7 Å². The normalized spacial score (nSPS) is 16.7. The molecule has 0 bridgehead atoms. The lowest BCUT2D eigenvalue weighted by atomic mass is 9.97. The molecule has 1 aromatic carbocycles. The molecule has 8 nitrogen and oxygen atoms in total. The molecule has 9 heteroatoms. The number of amides is 2. The van der Waals surface area contributed by atoms with Crippen LogP contribution >= 0.6 is 11.7 Å². The molecule has 1 saturated heterocycles. The van der Waals surface area contributed by atoms with Crippen LogP contribution in [0.4, 0.5) is 0 Å². The van der Waals surface area contributed by atoms with E-state index in [0.29, 0.717) is 42.4 Å². The second kappa shape index (κ2) is 8.81. The Labute approximate surface area is 161 Å². The minimum absolute atomic E-state index is 0.0997. The van der Waals surface area contributed by atoms with E-state index in [4.69, 9.17) is 9.47 Å². The molecule has 1 atom stereocenters. The van der Waals surface area contributed by atoms with Crippen LogP contribution in [-0.2, 0) is 0 Å². The molecule has 0 aliphatic carbocycles. The van der Waals surface area contributed by atoms with Gasteiger partial charge in [0.25, 0.3) is 11.8 Å². The quantitative estimate of drug-likeness (QED) is 0.809. The summed E-state index contributed by atoms with van der Waals surface area (Å²) in [5.41, 5.74) is 0.858. The number of nitrogens with zero attached hydrogens (tertiary/aromatic N) is 3. The minimum Gasteiger partial charge on any atom is -0.497 e. The van der Waals surface area contributed by atoms with Crippen molar-refractivity contribution in [3.63, 3.8) is 0 Å². The Balaban J connectivity index is 1.58. The number of piperidine rings is 1. The number of likely N-dealkylation sites (tertiary alicyclic amines) is 1. The van der Waals surface area contributed by atoms with E-state index < -0.39 is 0 Å². The molecule has 0 spiro atoms. The average Bonchev–Trinajstić information content (AvgIpc) is 3.26. The molecular formula is C18H22N4O4S. The summed E-state index contributed by atoms with van der Waals surface area (Å²) < 4.78 is 18.3. The van der Waals surface area contributed by atoms with Crippen LogP contribution in [0.1, 0.15) is 33.7 Å². The van der Waals surface area contributed by atoms with E-state index in [1.54, 1.807) is 37.3 Å². The highest BCUT2D eigenvalue weighted by atomic mass is 32.1. The van der Waals surface area contributed by atoms with Crippen LogP contribution < -0.4 is 14.8 Å². The summed E-state index contributed by atoms with van der Waals surface area (Å²) in [6, 6.07) is 5.06. The van der Waals surface area contributed by atoms with Crippen molar-refractivity contribution in [3.05, 3.63) is 35.7 Å². The zero-order chi connectivity index (χ0) is 19.2. The van der Waals surface area contributed by atoms with Gasteiger partial charge in [0.1, 0.15) is 11.5 Å². The monoisotopic (exact) mass is 390 g/mol. The molecule has 2 amide bonds. The second-order valence-corrected chi connectivity index (χ2v) is 6.92. The predicted molar refractivity (Wildman–Crippen MR) is 100 cm³/mol. The summed E-state index contributed by atoms with van der Waals surface area (Å²) in [4.78, 5) is 26.7. The highest BCUT2D eigenvalue weighted by molar-refractivity contribution is 6.99. The standard InChI is InChI=1S/C18H22N4O4S/c1-25-14-6-13(7-15(8-14)26-2)17(23)19-9-12-4-3-5-22(11-12)18(24)16-10-20-27-21-16/h6-8,10,12H,3-5,9,11H2,1-2H3,(H,19,23)/t12-/m1/s1. The first-order valence-electron chi connectivity index (χ1n) is 8.69. The first kappa shape index (κ1) is 19.1. The van der Waals surface area contributed by atoms with Crippen molar-refractivity contribution >= 4 is 23.5 Å². The van der Waals surface area contributed by atoms with Crippen molar-refractivity contribution in [3.8, 4) is 11.5 Å². The van der Waals surface area contributed by atoms with E-state index in [1.807, 2.05) is 0 Å². The lowest BCUT2D eigenvalue weighted by Crippen LogP contribution is -2.43. The van der Waals surface area contributed by atoms with Gasteiger partial charge in [-0.25, -0.2) is 0 Å². The number of rotatable bonds is 6. The summed E-state index contributed by atoms with van der Waals surface area (Å²) in [5.74, 6) is 1.03. The number of ether oxygens (including phenoxy) is 2. The van der Waals surface area contributed by atoms with E-state index in [1.165, 1.54) is 6.20 Å². The molecule has 0 saturated carbocycles. The van der Waals surface area contributed by atoms with Crippen LogP contribution in [-0.4, -0.2) is 59.3 Å². The van der Waals surface area contributed by atoms with E-state index in [2.05, 4.69) is 14.1 Å². The van der Waals surface area contributed by atoms with Crippen molar-refractivity contribution < 1.29 is 19.1 Å². The molecule has 144 valence electrons. The van der Waals surface area contributed by atoms with Crippen molar-refractivity contribution in [2.75, 3.05) is 33.9 Å². The molecule has 1 aromatic heterocycles. The van der Waals surface area contributed by atoms with Crippen molar-refractivity contribution in [2.24, 2.45) is 5.92 Å². The summed E-state index contributed by atoms with van der Waals surface area (Å²) in [6.45, 7) is 1.80. The molecule has 1 aliphatic heterocycles. The SMILES string of the molecule is COc1cc(OC)cc(C(=O)NC[C@H]2CCCN(C(=O)c3cnsn3)C2)c1. The van der Waals surface area contributed by atoms with Gasteiger partial charge >= 0.3 is 0 Å². The Morgan fingerprint density at radius 2 is 2.00 bits per heavy atom. The number of hydrogen-bond donors (Lipinski definition) is 1. The van der Waals surface area contributed by atoms with Crippen molar-refractivity contribution in [1.82, 2.24) is 19.0 Å². The summed E-state index contributed by atoms with van der Waals surface area (Å²) in [5, 5.41) is 2.95. The highest BCUT2D eigenvalue weighted by Gasteiger charge is 2.26. The number of benzene rings is 1. The summed E-state index contributed by atoms with van der Waals surface area (Å²) in [7, 11) is 3.09. The number of methoxy groups -OCH3 is 2. The number of aromatic nitrogens is 2. The number of carbonyl (C=O) groups excluding carboxylic acids is 2. The summed E-state index contributed by atoms with van der Waals surface area (Å²) in [6.07, 6.45) is 3.35. The molecular weight excluding hydrogens is 368 g/mol. The Kier molecular flexibility index (Phi) is 6.23. The average molecular weight is 390 g/mol. The summed E-state index contributed by atoms with van der Waals surface area (Å²) >= 11 is 1.03. The zero-order valence-electron chi connectivity index (χ0n) is 15.3. The number of carbonyl (C=O) groups is 2. The van der Waals surface area contributed by atoms with E-state index in [-0.39, 0.29) is 17.7 Å². The van der Waals surface area contributed by atoms with Gasteiger partial charge in [-0.1, -0.05) is 0 Å². The first-order valence-corrected chi connectivity index (χ1v) is 9.42. The molecule has 1 N–H and O–H groups in total. The van der Waals surface area contributed by atoms with Gasteiger partial charge in [-0.2, -0.15) is 8.75 Å². The molecule has 27 heavy (non-hydrogen) atoms. The fraction of sp³-hybridized carbons (Fsp3) is 0.444. The third-order valence-electron chi connectivity index (χ3n) is 4.55. The van der Waals surface area contributed by atoms with Crippen LogP contribution in [0, 0.1) is 5.92 Å². The van der Waals surface area contributed by atoms with Crippen LogP contribution in [0.5, 0.6) is 11.5 Å². The fourth-order valence-corrected chi connectivity index (χ4v) is 3.52. The lowest BCUT2D eigenvalue weighted by Gasteiger charge is -2.32. The van der Waals surface area contributed by atoms with E-state index >= 15 is 0 Å². The maximum Gasteiger partial charge on any atom is 0.275 e. The third kappa shape index (κ3) is 4.73. The van der Waals surface area contributed by atoms with Crippen molar-refractivity contribution in [1.29, 1.82) is 0 Å². The van der Waals surface area contributed by atoms with E-state index in [9.17, 15) is 9.59 Å². The molecule has 2 aromatic rings. The molecule has 2 heterocycles. The van der Waals surface area contributed by atoms with Gasteiger partial charge in [-0.05, 0) is 30.9 Å². The third-order valence-corrected chi connectivity index (χ3v) is 5.03. The lowest BCUT2D eigenvalue weighted by molar-refractivity contribution is 0.0666. The Bertz CT molecular complexity index is 774. The van der Waals surface area contributed by atoms with Gasteiger partial charge in [-0.15, -0.1) is 0 Å². The molecule has 0 radical (unpaired) electrons. The Morgan fingerprint density at radius 3 is 2.63 bits per heavy atom. The maximum atomic E-state index is 12.5. The maximum absolute atomic E-state index is 12.5. The fourth-order valence-electron chi connectivity index (χ4n) is 3.11. The van der Waals surface area contributed by atoms with Gasteiger partial charge in [0.2, 0.25) is 0 Å². The highest BCUT2D eigenvalue weighted by Crippen LogP contribution is 2.23. The van der Waals surface area contributed by atoms with Crippen molar-refractivity contribution in [2.45, 2.75) is 12.8 Å². The minimum atomic E-state index is -0.195. The zero-order valence-corrected chi connectivity index (χ0v) is 16.1. The largest absolute Gasteiger partial charge is 0.497 e. The van der Waals surface area contributed by atoms with Gasteiger partial charge < -0.3 is 19.7 Å². The van der Waals surface area contributed by atoms with Crippen LogP contribution in [0.3, 0.4) is 0 Å². The number of nitrogens with one attached hydrogen (secondary N) is 1. The first-order chi connectivity index (χ1) is 13.1. The van der Waals surface area contributed by atoms with Crippen LogP contribution in [0.25, 0.3) is 0 Å². The second-order valence-electron chi connectivity index (χ2n) is 6.36. The van der Waals surface area contributed by atoms with Crippen LogP contribution in [0.15, 0.2) is 24.4 Å². The number of hydrogen-bond acceptors (Lipinski definition) is 7. The molecule has 3 rings (SSSR count). The van der Waals surface area contributed by atoms with Gasteiger partial charge in [0.05, 0.1) is 32.1 Å². The van der Waals surface area contributed by atoms with Gasteiger partial charge in [-0.3, -0.25) is 9.59 Å². The Morgan fingerprint density at radius 1 is 1.26 bits per heavy atom. The van der Waals surface area contributed by atoms with Gasteiger partial charge in [0, 0.05) is 31.3 Å². The Hall–Kier alpha value is -2.68. The smallest absolute Gasteiger partial charge is 0.275 e. The molecule has 0 unspecified atom stereocenters. The predicted octanol–water partition coefficient (Wildman–Crippen LogP) is 1.84. The van der Waals surface area contributed by atoms with Crippen LogP contribution in [0.2, 0.25) is 0 Å². The van der Waals surface area contributed by atoms with E-state index in [0.717, 1.165) is 24.6 Å². The van der Waals surface area contributed by atoms with Gasteiger partial charge in [0.15, 0.2) is 5.69 Å². The molecule has 1 aliphatic rings. The molecule has 1 fully saturated rings.